The summed E-state index contributed by atoms with van der Waals surface area (Å²) in [6.45, 7) is 3.68. The second-order valence-corrected chi connectivity index (χ2v) is 8.37. The number of guanidine groups is 1. The molecule has 5 unspecified atom stereocenters. The van der Waals surface area contributed by atoms with Crippen LogP contribution in [0.2, 0.25) is 0 Å². The van der Waals surface area contributed by atoms with E-state index in [-0.39, 0.29) is 43.4 Å². The van der Waals surface area contributed by atoms with Gasteiger partial charge in [0.1, 0.15) is 18.1 Å². The van der Waals surface area contributed by atoms with E-state index in [0.717, 1.165) is 0 Å². The lowest BCUT2D eigenvalue weighted by Gasteiger charge is -2.27. The number of nitrogens with zero attached hydrogens (tertiary/aromatic N) is 1. The largest absolute Gasteiger partial charge is 0.481 e. The number of rotatable bonds is 17. The molecule has 0 aliphatic carbocycles. The van der Waals surface area contributed by atoms with Crippen molar-refractivity contribution in [2.24, 2.45) is 28.1 Å². The van der Waals surface area contributed by atoms with Gasteiger partial charge in [0.2, 0.25) is 17.7 Å². The molecule has 0 aromatic carbocycles. The van der Waals surface area contributed by atoms with Crippen molar-refractivity contribution < 1.29 is 34.2 Å². The van der Waals surface area contributed by atoms with Crippen LogP contribution in [0, 0.1) is 5.92 Å². The van der Waals surface area contributed by atoms with Gasteiger partial charge >= 0.3 is 11.9 Å². The Bertz CT molecular complexity index is 777. The fourth-order valence-electron chi connectivity index (χ4n) is 2.86. The first-order valence-corrected chi connectivity index (χ1v) is 11.7. The molecule has 0 aliphatic heterocycles. The van der Waals surface area contributed by atoms with Gasteiger partial charge in [-0.2, -0.15) is 12.6 Å². The van der Waals surface area contributed by atoms with Crippen molar-refractivity contribution in [3.63, 3.8) is 0 Å². The van der Waals surface area contributed by atoms with Crippen molar-refractivity contribution in [2.75, 3.05) is 12.3 Å². The molecule has 0 saturated heterocycles. The molecule has 11 N–H and O–H groups in total. The van der Waals surface area contributed by atoms with Gasteiger partial charge < -0.3 is 43.4 Å². The van der Waals surface area contributed by atoms with Gasteiger partial charge in [0.25, 0.3) is 0 Å². The molecule has 0 heterocycles. The van der Waals surface area contributed by atoms with Crippen LogP contribution in [0.4, 0.5) is 0 Å². The lowest BCUT2D eigenvalue weighted by molar-refractivity contribution is -0.143. The number of carbonyl (C=O) groups excluding carboxylic acids is 3. The van der Waals surface area contributed by atoms with E-state index in [1.807, 2.05) is 0 Å². The van der Waals surface area contributed by atoms with Crippen LogP contribution in [0.15, 0.2) is 4.99 Å². The van der Waals surface area contributed by atoms with Gasteiger partial charge in [-0.25, -0.2) is 4.79 Å². The predicted molar refractivity (Wildman–Crippen MR) is 131 cm³/mol. The van der Waals surface area contributed by atoms with Crippen LogP contribution in [0.3, 0.4) is 0 Å². The maximum Gasteiger partial charge on any atom is 0.326 e. The van der Waals surface area contributed by atoms with E-state index < -0.39 is 53.8 Å². The first-order chi connectivity index (χ1) is 16.3. The third-order valence-corrected chi connectivity index (χ3v) is 5.54. The average Bonchev–Trinajstić information content (AvgIpc) is 2.79. The fraction of sp³-hybridized carbons (Fsp3) is 0.700. The molecule has 0 bridgehead atoms. The smallest absolute Gasteiger partial charge is 0.326 e. The molecule has 200 valence electrons. The van der Waals surface area contributed by atoms with Gasteiger partial charge in [0.05, 0.1) is 6.04 Å². The van der Waals surface area contributed by atoms with Gasteiger partial charge in [0.15, 0.2) is 5.96 Å². The molecule has 0 aromatic rings. The van der Waals surface area contributed by atoms with Gasteiger partial charge in [-0.1, -0.05) is 20.3 Å². The molecule has 15 heteroatoms. The van der Waals surface area contributed by atoms with Crippen molar-refractivity contribution in [2.45, 2.75) is 70.1 Å². The van der Waals surface area contributed by atoms with Crippen molar-refractivity contribution in [3.8, 4) is 0 Å². The maximum absolute atomic E-state index is 12.9. The van der Waals surface area contributed by atoms with Crippen LogP contribution in [-0.4, -0.2) is 82.3 Å². The summed E-state index contributed by atoms with van der Waals surface area (Å²) in [7, 11) is 0. The zero-order valence-electron chi connectivity index (χ0n) is 19.9. The molecule has 35 heavy (non-hydrogen) atoms. The summed E-state index contributed by atoms with van der Waals surface area (Å²) >= 11 is 4.06. The van der Waals surface area contributed by atoms with Crippen molar-refractivity contribution in [1.82, 2.24) is 16.0 Å². The highest BCUT2D eigenvalue weighted by molar-refractivity contribution is 7.80. The normalized spacial score (nSPS) is 15.0. The third-order valence-electron chi connectivity index (χ3n) is 5.17. The number of thiol groups is 1. The minimum atomic E-state index is -1.26. The number of carboxylic acids is 2. The summed E-state index contributed by atoms with van der Waals surface area (Å²) in [5, 5.41) is 25.5. The maximum atomic E-state index is 12.9. The van der Waals surface area contributed by atoms with E-state index in [9.17, 15) is 29.1 Å². The number of carboxylic acid groups (broad SMARTS) is 2. The Morgan fingerprint density at radius 2 is 1.54 bits per heavy atom. The van der Waals surface area contributed by atoms with E-state index in [1.165, 1.54) is 0 Å². The molecule has 5 atom stereocenters. The average molecular weight is 520 g/mol. The first-order valence-electron chi connectivity index (χ1n) is 11.1. The molecule has 0 fully saturated rings. The minimum absolute atomic E-state index is 0.0581. The molecule has 0 radical (unpaired) electrons. The molecule has 0 rings (SSSR count). The van der Waals surface area contributed by atoms with E-state index >= 15 is 0 Å². The number of nitrogens with two attached hydrogens (primary N) is 3. The summed E-state index contributed by atoms with van der Waals surface area (Å²) in [5.74, 6) is -5.16. The quantitative estimate of drug-likeness (QED) is 0.0431. The Balaban J connectivity index is 5.26. The second kappa shape index (κ2) is 16.5. The highest BCUT2D eigenvalue weighted by Crippen LogP contribution is 2.10. The van der Waals surface area contributed by atoms with Crippen LogP contribution in [0.25, 0.3) is 0 Å². The molecular weight excluding hydrogens is 482 g/mol. The topological polar surface area (TPSA) is 252 Å². The van der Waals surface area contributed by atoms with Crippen LogP contribution in [0.1, 0.15) is 46.0 Å². The predicted octanol–water partition coefficient (Wildman–Crippen LogP) is -2.25. The zero-order valence-corrected chi connectivity index (χ0v) is 20.8. The van der Waals surface area contributed by atoms with Gasteiger partial charge in [-0.3, -0.25) is 24.2 Å². The molecule has 0 aromatic heterocycles. The Kier molecular flexibility index (Phi) is 15.1. The van der Waals surface area contributed by atoms with E-state index in [0.29, 0.717) is 12.8 Å². The van der Waals surface area contributed by atoms with Crippen molar-refractivity contribution in [3.05, 3.63) is 0 Å². The molecule has 0 aliphatic rings. The van der Waals surface area contributed by atoms with Crippen molar-refractivity contribution in [1.29, 1.82) is 0 Å². The number of hydrogen-bond donors (Lipinski definition) is 9. The summed E-state index contributed by atoms with van der Waals surface area (Å²) in [6.07, 6.45) is 0.394. The minimum Gasteiger partial charge on any atom is -0.481 e. The first kappa shape index (κ1) is 31.9. The second-order valence-electron chi connectivity index (χ2n) is 8.00. The number of carbonyl (C=O) groups is 5. The van der Waals surface area contributed by atoms with Gasteiger partial charge in [-0.05, 0) is 25.2 Å². The van der Waals surface area contributed by atoms with Crippen molar-refractivity contribution >= 4 is 48.2 Å². The molecule has 3 amide bonds. The molecule has 0 spiro atoms. The number of hydrogen-bond acceptors (Lipinski definition) is 8. The Morgan fingerprint density at radius 1 is 0.943 bits per heavy atom. The van der Waals surface area contributed by atoms with E-state index in [4.69, 9.17) is 22.3 Å². The number of nitrogens with one attached hydrogen (secondary N) is 3. The third kappa shape index (κ3) is 12.8. The Morgan fingerprint density at radius 3 is 2.03 bits per heavy atom. The summed E-state index contributed by atoms with van der Waals surface area (Å²) in [5.41, 5.74) is 16.1. The SMILES string of the molecule is CCC(C)C(NC(=O)C(CS)NC(=O)C(N)CCC(=O)O)C(=O)NC(CCCN=C(N)N)C(=O)O. The molecule has 14 nitrogen and oxygen atoms in total. The van der Waals surface area contributed by atoms with E-state index in [2.05, 4.69) is 33.6 Å². The fourth-order valence-corrected chi connectivity index (χ4v) is 3.12. The zero-order chi connectivity index (χ0) is 27.1. The Labute approximate surface area is 209 Å². The number of aliphatic carboxylic acids is 2. The summed E-state index contributed by atoms with van der Waals surface area (Å²) in [6, 6.07) is -4.62. The molecule has 0 saturated carbocycles. The number of aliphatic imine (C=N–C) groups is 1. The lowest BCUT2D eigenvalue weighted by Crippen LogP contribution is -2.59. The molecular formula is C20H37N7O7S. The van der Waals surface area contributed by atoms with Crippen LogP contribution >= 0.6 is 12.6 Å². The standard InChI is InChI=1S/C20H37N7O7S/c1-3-10(2)15(18(32)25-12(19(33)34)5-4-8-24-20(22)23)27-17(31)13(9-35)26-16(30)11(21)6-7-14(28)29/h10-13,15,35H,3-9,21H2,1-2H3,(H,25,32)(H,26,30)(H,27,31)(H,28,29)(H,33,34)(H4,22,23,24). The van der Waals surface area contributed by atoms with Crippen LogP contribution < -0.4 is 33.2 Å². The van der Waals surface area contributed by atoms with Crippen LogP contribution in [0.5, 0.6) is 0 Å². The monoisotopic (exact) mass is 519 g/mol. The highest BCUT2D eigenvalue weighted by Gasteiger charge is 2.32. The highest BCUT2D eigenvalue weighted by atomic mass is 32.1. The van der Waals surface area contributed by atoms with E-state index in [1.54, 1.807) is 13.8 Å². The summed E-state index contributed by atoms with van der Waals surface area (Å²) in [4.78, 5) is 63.9. The Hall–Kier alpha value is -3.07. The van der Waals surface area contributed by atoms with Gasteiger partial charge in [0, 0.05) is 18.7 Å². The van der Waals surface area contributed by atoms with Crippen LogP contribution in [-0.2, 0) is 24.0 Å². The lowest BCUT2D eigenvalue weighted by atomic mass is 9.97. The number of amides is 3. The van der Waals surface area contributed by atoms with Gasteiger partial charge in [-0.15, -0.1) is 0 Å². The summed E-state index contributed by atoms with van der Waals surface area (Å²) < 4.78 is 0.